The van der Waals surface area contributed by atoms with Gasteiger partial charge in [-0.3, -0.25) is 0 Å². The average molecular weight is 812 g/mol. The maximum Gasteiger partial charge on any atom is 0.366 e. The van der Waals surface area contributed by atoms with E-state index >= 15 is 0 Å². The summed E-state index contributed by atoms with van der Waals surface area (Å²) in [6, 6.07) is 31.4. The summed E-state index contributed by atoms with van der Waals surface area (Å²) in [5.41, 5.74) is 11.4. The topological polar surface area (TPSA) is 198 Å². The number of hydrogen-bond acceptors (Lipinski definition) is 7. The van der Waals surface area contributed by atoms with Crippen LogP contribution in [0.3, 0.4) is 0 Å². The van der Waals surface area contributed by atoms with Crippen LogP contribution in [-0.2, 0) is 27.1 Å². The summed E-state index contributed by atoms with van der Waals surface area (Å²) in [6.45, 7) is 8.29. The van der Waals surface area contributed by atoms with Crippen LogP contribution in [0.1, 0.15) is 33.4 Å². The highest BCUT2D eigenvalue weighted by Gasteiger charge is 2.16. The fourth-order valence-corrected chi connectivity index (χ4v) is 5.78. The van der Waals surface area contributed by atoms with E-state index in [-0.39, 0.29) is 31.4 Å². The van der Waals surface area contributed by atoms with Crippen molar-refractivity contribution < 1.29 is 60.1 Å². The lowest BCUT2D eigenvalue weighted by Crippen LogP contribution is -3.00. The molecule has 0 unspecified atom stereocenters. The Bertz CT molecular complexity index is 2320. The summed E-state index contributed by atoms with van der Waals surface area (Å²) < 4.78 is 14.7. The number of aliphatic hydroxyl groups excluding tert-OH is 2. The van der Waals surface area contributed by atoms with Crippen molar-refractivity contribution in [2.75, 3.05) is 41.7 Å². The fraction of sp³-hybridized carbons (Fsp3) is 0.182. The van der Waals surface area contributed by atoms with Crippen molar-refractivity contribution in [2.45, 2.75) is 12.8 Å². The van der Waals surface area contributed by atoms with Crippen molar-refractivity contribution in [1.29, 1.82) is 10.5 Å². The van der Waals surface area contributed by atoms with E-state index in [2.05, 4.69) is 46.1 Å². The highest BCUT2D eigenvalue weighted by atomic mass is 35.5. The lowest BCUT2D eigenvalue weighted by molar-refractivity contribution is -0.136. The Labute approximate surface area is 345 Å². The average Bonchev–Trinajstić information content (AvgIpc) is 3.79. The van der Waals surface area contributed by atoms with E-state index in [9.17, 15) is 0 Å². The Hall–Kier alpha value is -6.18. The molecule has 0 radical (unpaired) electrons. The lowest BCUT2D eigenvalue weighted by Gasteiger charge is -2.04. The first kappa shape index (κ1) is 48.8. The number of nitriles is 2. The summed E-state index contributed by atoms with van der Waals surface area (Å²) in [5.74, 6) is 0.790. The molecule has 0 saturated carbocycles. The third-order valence-corrected chi connectivity index (χ3v) is 8.42. The smallest absolute Gasteiger partial charge is 0.366 e. The third kappa shape index (κ3) is 12.4. The Morgan fingerprint density at radius 2 is 1.09 bits per heavy atom. The number of hydrogen-bond donors (Lipinski definition) is 6. The molecule has 0 aliphatic rings. The van der Waals surface area contributed by atoms with Crippen molar-refractivity contribution in [3.05, 3.63) is 144 Å². The number of H-pyrrole nitrogens is 2. The molecule has 0 bridgehead atoms. The molecule has 0 spiro atoms. The molecule has 0 amide bonds. The van der Waals surface area contributed by atoms with Crippen LogP contribution in [0.2, 0.25) is 0 Å². The zero-order valence-corrected chi connectivity index (χ0v) is 33.9. The molecular formula is C44H48Cl2N6O5. The van der Waals surface area contributed by atoms with Gasteiger partial charge in [-0.05, 0) is 83.6 Å². The minimum Gasteiger partial charge on any atom is -1.00 e. The first-order valence-corrected chi connectivity index (χ1v) is 17.2. The second-order valence-corrected chi connectivity index (χ2v) is 11.7. The first-order valence-electron chi connectivity index (χ1n) is 17.2. The number of fused-ring (bicyclic) bond motifs is 2. The van der Waals surface area contributed by atoms with Crippen LogP contribution in [-0.4, -0.2) is 73.6 Å². The lowest BCUT2D eigenvalue weighted by atomic mass is 10.0. The van der Waals surface area contributed by atoms with Crippen molar-refractivity contribution in [1.82, 2.24) is 9.97 Å². The number of nitrogens with two attached hydrogens (primary N) is 2. The van der Waals surface area contributed by atoms with E-state index in [1.54, 1.807) is 33.5 Å². The van der Waals surface area contributed by atoms with Gasteiger partial charge in [-0.2, -0.15) is 10.5 Å². The molecule has 6 aromatic rings. The number of methoxy groups -OCH3 is 3. The molecule has 298 valence electrons. The second-order valence-electron chi connectivity index (χ2n) is 11.7. The van der Waals surface area contributed by atoms with Crippen LogP contribution < -0.4 is 35.6 Å². The van der Waals surface area contributed by atoms with Gasteiger partial charge in [-0.1, -0.05) is 48.6 Å². The van der Waals surface area contributed by atoms with Crippen molar-refractivity contribution in [2.24, 2.45) is 0 Å². The summed E-state index contributed by atoms with van der Waals surface area (Å²) in [6.07, 6.45) is 5.27. The number of halogens is 2. The van der Waals surface area contributed by atoms with Gasteiger partial charge in [0.2, 0.25) is 0 Å². The van der Waals surface area contributed by atoms with Crippen LogP contribution in [0.15, 0.2) is 110 Å². The molecule has 13 heteroatoms. The van der Waals surface area contributed by atoms with E-state index in [0.29, 0.717) is 29.5 Å². The van der Waals surface area contributed by atoms with Crippen LogP contribution >= 0.6 is 0 Å². The predicted octanol–water partition coefficient (Wildman–Crippen LogP) is -1.58. The van der Waals surface area contributed by atoms with Crippen molar-refractivity contribution >= 4 is 33.6 Å². The van der Waals surface area contributed by atoms with Gasteiger partial charge in [0.05, 0.1) is 73.2 Å². The van der Waals surface area contributed by atoms with Gasteiger partial charge in [0.15, 0.2) is 0 Å². The number of aromatic amines is 2. The van der Waals surface area contributed by atoms with Gasteiger partial charge in [-0.15, -0.1) is 13.2 Å². The number of allylic oxidation sites excluding steroid dienone is 2. The molecule has 6 rings (SSSR count). The van der Waals surface area contributed by atoms with Gasteiger partial charge in [-0.25, -0.2) is 10.8 Å². The highest BCUT2D eigenvalue weighted by Crippen LogP contribution is 2.33. The first-order chi connectivity index (χ1) is 26.8. The molecule has 8 N–H and O–H groups in total. The van der Waals surface area contributed by atoms with E-state index in [1.807, 2.05) is 78.9 Å². The second kappa shape index (κ2) is 25.1. The van der Waals surface area contributed by atoms with Crippen LogP contribution in [0.4, 0.5) is 0 Å². The Morgan fingerprint density at radius 1 is 0.667 bits per heavy atom. The number of benzene rings is 4. The number of nitrogens with zero attached hydrogens (tertiary/aromatic N) is 2. The number of nitrogens with one attached hydrogen (secondary N) is 2. The van der Waals surface area contributed by atoms with Gasteiger partial charge in [0.1, 0.15) is 0 Å². The molecule has 0 atom stereocenters. The number of aromatic nitrogens is 2. The summed E-state index contributed by atoms with van der Waals surface area (Å²) in [5, 5.41) is 46.8. The van der Waals surface area contributed by atoms with Gasteiger partial charge < -0.3 is 59.2 Å². The molecule has 0 aliphatic heterocycles. The minimum absolute atomic E-state index is 0. The fourth-order valence-electron chi connectivity index (χ4n) is 5.78. The summed E-state index contributed by atoms with van der Waals surface area (Å²) in [7, 11) is 5.67. The SMILES string of the molecule is C=CCc1c(-c2ccc(C#N)cc2)[nH]c2cc(C#N)ccc12.C=CCc1c(-c2ccc(C(=[NH2+])OC)cc2)[nH]c2cc(C(=[NH2+])OC)ccc12.CO.COCCO.[Cl-].[Cl-]. The molecule has 57 heavy (non-hydrogen) atoms. The number of aliphatic hydroxyl groups is 2. The van der Waals surface area contributed by atoms with Crippen LogP contribution in [0, 0.1) is 22.7 Å². The molecule has 0 saturated heterocycles. The molecular weight excluding hydrogens is 763 g/mol. The largest absolute Gasteiger partial charge is 1.00 e. The standard InChI is InChI=1S/C21H21N3O2.C19H13N3.C3H8O2.CH4O.2ClH/c1-4-5-17-16-11-10-15(21(23)26-3)12-18(16)24-19(17)13-6-8-14(9-7-13)20(22)25-2;1-2-3-17-16-9-6-14(12-21)10-18(16)22-19(17)15-7-4-13(11-20)5-8-15;1-5-3-2-4;1-2;;/h4,6-12,22-24H,1,5H2,2-3H3;2,4-10,22H,1,3H2;4H,2-3H2,1H3;2H,1H3;2*1H. The zero-order chi connectivity index (χ0) is 40.3. The molecule has 0 fully saturated rings. The molecule has 11 nitrogen and oxygen atoms in total. The number of ether oxygens (including phenoxy) is 3. The van der Waals surface area contributed by atoms with E-state index in [0.717, 1.165) is 81.0 Å². The van der Waals surface area contributed by atoms with Gasteiger partial charge >= 0.3 is 11.8 Å². The monoisotopic (exact) mass is 810 g/mol. The van der Waals surface area contributed by atoms with Gasteiger partial charge in [0, 0.05) is 36.0 Å². The normalized spacial score (nSPS) is 9.54. The zero-order valence-electron chi connectivity index (χ0n) is 32.4. The Kier molecular flexibility index (Phi) is 21.5. The summed E-state index contributed by atoms with van der Waals surface area (Å²) in [4.78, 5) is 6.90. The predicted molar refractivity (Wildman–Crippen MR) is 218 cm³/mol. The van der Waals surface area contributed by atoms with Crippen LogP contribution in [0.25, 0.3) is 44.3 Å². The molecule has 2 aromatic heterocycles. The van der Waals surface area contributed by atoms with E-state index in [1.165, 1.54) is 5.56 Å². The minimum atomic E-state index is 0. The van der Waals surface area contributed by atoms with Crippen molar-refractivity contribution in [3.8, 4) is 34.7 Å². The molecule has 2 heterocycles. The maximum absolute atomic E-state index is 9.04. The maximum atomic E-state index is 9.04. The third-order valence-electron chi connectivity index (χ3n) is 8.42. The van der Waals surface area contributed by atoms with E-state index < -0.39 is 0 Å². The van der Waals surface area contributed by atoms with Crippen LogP contribution in [0.5, 0.6) is 0 Å². The Balaban J connectivity index is 0.000000480. The van der Waals surface area contributed by atoms with Crippen molar-refractivity contribution in [3.63, 3.8) is 0 Å². The van der Waals surface area contributed by atoms with E-state index in [4.69, 9.17) is 41.0 Å². The molecule has 0 aliphatic carbocycles. The Morgan fingerprint density at radius 3 is 1.51 bits per heavy atom. The quantitative estimate of drug-likeness (QED) is 0.0545. The van der Waals surface area contributed by atoms with Gasteiger partial charge in [0.25, 0.3) is 0 Å². The highest BCUT2D eigenvalue weighted by molar-refractivity contribution is 5.98. The molecule has 4 aromatic carbocycles. The summed E-state index contributed by atoms with van der Waals surface area (Å²) >= 11 is 0. The number of rotatable bonds is 10.